The molecule has 7 heteroatoms. The lowest BCUT2D eigenvalue weighted by Crippen LogP contribution is -2.02. The van der Waals surface area contributed by atoms with Crippen LogP contribution >= 0.6 is 0 Å². The summed E-state index contributed by atoms with van der Waals surface area (Å²) in [6, 6.07) is 12.1. The largest absolute Gasteiger partial charge is 0.354 e. The van der Waals surface area contributed by atoms with Crippen LogP contribution in [0.2, 0.25) is 0 Å². The van der Waals surface area contributed by atoms with Gasteiger partial charge < -0.3 is 5.32 Å². The number of hydrogen-bond acceptors (Lipinski definition) is 4. The fourth-order valence-corrected chi connectivity index (χ4v) is 2.68. The first-order valence-electron chi connectivity index (χ1n) is 6.13. The first-order chi connectivity index (χ1) is 9.90. The van der Waals surface area contributed by atoms with Crippen molar-refractivity contribution < 1.29 is 8.42 Å². The molecule has 6 nitrogen and oxygen atoms in total. The predicted molar refractivity (Wildman–Crippen MR) is 82.8 cm³/mol. The quantitative estimate of drug-likeness (QED) is 0.523. The molecule has 0 heterocycles. The van der Waals surface area contributed by atoms with Crippen molar-refractivity contribution in [1.29, 1.82) is 0 Å². The standard InChI is InChI=1S/C14H14N4O2S/c1-10-3-5-11(6-4-10)16-13-8-7-12(17-18-15)9-14(13)21(2,19)20/h3-9,16H,1-2H3. The van der Waals surface area contributed by atoms with E-state index < -0.39 is 9.84 Å². The molecule has 0 unspecified atom stereocenters. The third kappa shape index (κ3) is 3.75. The Morgan fingerprint density at radius 3 is 2.38 bits per heavy atom. The number of rotatable bonds is 4. The monoisotopic (exact) mass is 302 g/mol. The van der Waals surface area contributed by atoms with E-state index in [2.05, 4.69) is 15.3 Å². The SMILES string of the molecule is Cc1ccc(Nc2ccc(N=[N+]=[N-])cc2S(C)(=O)=O)cc1. The lowest BCUT2D eigenvalue weighted by atomic mass is 10.2. The zero-order chi connectivity index (χ0) is 15.5. The summed E-state index contributed by atoms with van der Waals surface area (Å²) in [5, 5.41) is 6.49. The van der Waals surface area contributed by atoms with Gasteiger partial charge in [0.05, 0.1) is 10.6 Å². The van der Waals surface area contributed by atoms with E-state index in [1.807, 2.05) is 31.2 Å². The maximum atomic E-state index is 11.9. The van der Waals surface area contributed by atoms with Crippen molar-refractivity contribution in [2.75, 3.05) is 11.6 Å². The second-order valence-electron chi connectivity index (χ2n) is 4.63. The molecule has 1 N–H and O–H groups in total. The van der Waals surface area contributed by atoms with E-state index in [0.29, 0.717) is 5.69 Å². The Morgan fingerprint density at radius 1 is 1.14 bits per heavy atom. The molecule has 0 aromatic heterocycles. The maximum Gasteiger partial charge on any atom is 0.177 e. The number of nitrogens with one attached hydrogen (secondary N) is 1. The van der Waals surface area contributed by atoms with E-state index in [1.54, 1.807) is 12.1 Å². The third-order valence-electron chi connectivity index (χ3n) is 2.86. The van der Waals surface area contributed by atoms with Crippen LogP contribution in [0.1, 0.15) is 5.56 Å². The minimum atomic E-state index is -3.45. The van der Waals surface area contributed by atoms with Crippen molar-refractivity contribution in [2.45, 2.75) is 11.8 Å². The molecule has 0 radical (unpaired) electrons. The predicted octanol–water partition coefficient (Wildman–Crippen LogP) is 4.08. The summed E-state index contributed by atoms with van der Waals surface area (Å²) in [5.41, 5.74) is 11.0. The van der Waals surface area contributed by atoms with Crippen molar-refractivity contribution in [2.24, 2.45) is 5.11 Å². The molecule has 0 amide bonds. The summed E-state index contributed by atoms with van der Waals surface area (Å²) in [6.07, 6.45) is 1.11. The summed E-state index contributed by atoms with van der Waals surface area (Å²) in [5.74, 6) is 0. The van der Waals surface area contributed by atoms with Gasteiger partial charge in [-0.05, 0) is 36.7 Å². The van der Waals surface area contributed by atoms with Crippen LogP contribution in [0.4, 0.5) is 17.1 Å². The average molecular weight is 302 g/mol. The fraction of sp³-hybridized carbons (Fsp3) is 0.143. The van der Waals surface area contributed by atoms with Gasteiger partial charge in [0.1, 0.15) is 0 Å². The van der Waals surface area contributed by atoms with Crippen LogP contribution in [0.3, 0.4) is 0 Å². The van der Waals surface area contributed by atoms with E-state index in [4.69, 9.17) is 5.53 Å². The van der Waals surface area contributed by atoms with Gasteiger partial charge in [0.2, 0.25) is 0 Å². The summed E-state index contributed by atoms with van der Waals surface area (Å²) in [6.45, 7) is 1.97. The molecule has 0 saturated carbocycles. The van der Waals surface area contributed by atoms with Crippen LogP contribution < -0.4 is 5.32 Å². The number of nitrogens with zero attached hydrogens (tertiary/aromatic N) is 3. The molecule has 0 fully saturated rings. The molecule has 0 spiro atoms. The van der Waals surface area contributed by atoms with E-state index in [1.165, 1.54) is 6.07 Å². The lowest BCUT2D eigenvalue weighted by molar-refractivity contribution is 0.602. The number of aryl methyl sites for hydroxylation is 1. The Morgan fingerprint density at radius 2 is 1.81 bits per heavy atom. The summed E-state index contributed by atoms with van der Waals surface area (Å²) in [4.78, 5) is 2.75. The van der Waals surface area contributed by atoms with Gasteiger partial charge in [0.25, 0.3) is 0 Å². The minimum Gasteiger partial charge on any atom is -0.354 e. The molecule has 2 aromatic rings. The Bertz CT molecular complexity index is 807. The normalized spacial score (nSPS) is 10.8. The van der Waals surface area contributed by atoms with Crippen LogP contribution in [-0.2, 0) is 9.84 Å². The van der Waals surface area contributed by atoms with Crippen molar-refractivity contribution >= 4 is 26.9 Å². The Hall–Kier alpha value is -2.50. The van der Waals surface area contributed by atoms with E-state index in [0.717, 1.165) is 17.5 Å². The number of azide groups is 1. The Labute approximate surface area is 123 Å². The summed E-state index contributed by atoms with van der Waals surface area (Å²) < 4.78 is 23.8. The summed E-state index contributed by atoms with van der Waals surface area (Å²) in [7, 11) is -3.45. The van der Waals surface area contributed by atoms with Crippen molar-refractivity contribution in [3.8, 4) is 0 Å². The first kappa shape index (κ1) is 14.9. The van der Waals surface area contributed by atoms with Gasteiger partial charge in [0, 0.05) is 22.5 Å². The molecule has 0 aliphatic rings. The van der Waals surface area contributed by atoms with Gasteiger partial charge >= 0.3 is 0 Å². The first-order valence-corrected chi connectivity index (χ1v) is 8.02. The number of benzene rings is 2. The second-order valence-corrected chi connectivity index (χ2v) is 6.62. The van der Waals surface area contributed by atoms with Gasteiger partial charge in [0.15, 0.2) is 9.84 Å². The fourth-order valence-electron chi connectivity index (χ4n) is 1.83. The van der Waals surface area contributed by atoms with Crippen LogP contribution in [0.25, 0.3) is 10.4 Å². The van der Waals surface area contributed by atoms with Gasteiger partial charge in [-0.25, -0.2) is 8.42 Å². The zero-order valence-electron chi connectivity index (χ0n) is 11.6. The van der Waals surface area contributed by atoms with E-state index >= 15 is 0 Å². The van der Waals surface area contributed by atoms with Crippen molar-refractivity contribution in [3.63, 3.8) is 0 Å². The molecular weight excluding hydrogens is 288 g/mol. The molecule has 0 bridgehead atoms. The van der Waals surface area contributed by atoms with Crippen LogP contribution in [0.5, 0.6) is 0 Å². The van der Waals surface area contributed by atoms with Gasteiger partial charge in [-0.15, -0.1) is 0 Å². The number of anilines is 2. The molecule has 2 aromatic carbocycles. The molecule has 0 aliphatic heterocycles. The smallest absolute Gasteiger partial charge is 0.177 e. The Kier molecular flexibility index (Phi) is 4.16. The highest BCUT2D eigenvalue weighted by atomic mass is 32.2. The highest BCUT2D eigenvalue weighted by Crippen LogP contribution is 2.29. The zero-order valence-corrected chi connectivity index (χ0v) is 12.4. The second kappa shape index (κ2) is 5.87. The lowest BCUT2D eigenvalue weighted by Gasteiger charge is -2.12. The average Bonchev–Trinajstić information content (AvgIpc) is 2.42. The highest BCUT2D eigenvalue weighted by Gasteiger charge is 2.14. The molecule has 0 saturated heterocycles. The van der Waals surface area contributed by atoms with Crippen LogP contribution in [0, 0.1) is 6.92 Å². The van der Waals surface area contributed by atoms with Crippen molar-refractivity contribution in [1.82, 2.24) is 0 Å². The molecule has 0 atom stereocenters. The van der Waals surface area contributed by atoms with Gasteiger partial charge in [-0.1, -0.05) is 28.9 Å². The molecule has 2 rings (SSSR count). The third-order valence-corrected chi connectivity index (χ3v) is 3.99. The minimum absolute atomic E-state index is 0.0907. The van der Waals surface area contributed by atoms with Crippen LogP contribution in [-0.4, -0.2) is 14.7 Å². The van der Waals surface area contributed by atoms with E-state index in [9.17, 15) is 8.42 Å². The van der Waals surface area contributed by atoms with Crippen LogP contribution in [0.15, 0.2) is 52.5 Å². The molecule has 21 heavy (non-hydrogen) atoms. The maximum absolute atomic E-state index is 11.9. The van der Waals surface area contributed by atoms with Gasteiger partial charge in [-0.3, -0.25) is 0 Å². The Balaban J connectivity index is 2.47. The molecule has 0 aliphatic carbocycles. The van der Waals surface area contributed by atoms with E-state index in [-0.39, 0.29) is 10.6 Å². The molecular formula is C14H14N4O2S. The number of sulfone groups is 1. The topological polar surface area (TPSA) is 94.9 Å². The summed E-state index contributed by atoms with van der Waals surface area (Å²) >= 11 is 0. The highest BCUT2D eigenvalue weighted by molar-refractivity contribution is 7.90. The van der Waals surface area contributed by atoms with Gasteiger partial charge in [-0.2, -0.15) is 0 Å². The molecule has 108 valence electrons. The van der Waals surface area contributed by atoms with Crippen molar-refractivity contribution in [3.05, 3.63) is 58.5 Å². The number of hydrogen-bond donors (Lipinski definition) is 1.